The molecule has 112 valence electrons. The Kier molecular flexibility index (Phi) is 5.34. The van der Waals surface area contributed by atoms with E-state index in [9.17, 15) is 23.4 Å². The molecule has 1 atom stereocenters. The van der Waals surface area contributed by atoms with Crippen LogP contribution in [0.1, 0.15) is 26.2 Å². The molecule has 0 aliphatic carbocycles. The summed E-state index contributed by atoms with van der Waals surface area (Å²) < 4.78 is 24.9. The molecule has 0 spiro atoms. The van der Waals surface area contributed by atoms with Gasteiger partial charge in [-0.25, -0.2) is 17.2 Å². The summed E-state index contributed by atoms with van der Waals surface area (Å²) in [6.45, 7) is 1.85. The van der Waals surface area contributed by atoms with Crippen molar-refractivity contribution in [1.29, 1.82) is 0 Å². The first-order chi connectivity index (χ1) is 9.32. The van der Waals surface area contributed by atoms with Crippen molar-refractivity contribution in [3.63, 3.8) is 0 Å². The lowest BCUT2D eigenvalue weighted by Crippen LogP contribution is -2.25. The van der Waals surface area contributed by atoms with Crippen molar-refractivity contribution in [1.82, 2.24) is 3.97 Å². The normalized spacial score (nSPS) is 14.7. The molecule has 0 aliphatic heterocycles. The van der Waals surface area contributed by atoms with E-state index >= 15 is 0 Å². The number of hydrogen-bond acceptors (Lipinski definition) is 5. The summed E-state index contributed by atoms with van der Waals surface area (Å²) in [7, 11) is -4.44. The molecular weight excluding hydrogens is 286 g/mol. The molecule has 0 aliphatic rings. The number of aliphatic hydroxyl groups excluding tert-OH is 2. The summed E-state index contributed by atoms with van der Waals surface area (Å²) in [5, 5.41) is 28.5. The second-order valence-corrected chi connectivity index (χ2v) is 5.98. The minimum atomic E-state index is -4.44. The number of carboxylic acids is 1. The van der Waals surface area contributed by atoms with Gasteiger partial charge in [0.05, 0.1) is 0 Å². The van der Waals surface area contributed by atoms with Crippen LogP contribution in [-0.4, -0.2) is 39.8 Å². The van der Waals surface area contributed by atoms with E-state index in [4.69, 9.17) is 5.11 Å². The third-order valence-corrected chi connectivity index (χ3v) is 4.38. The average Bonchev–Trinajstić information content (AvgIpc) is 2.89. The average molecular weight is 303 g/mol. The Hall–Kier alpha value is -1.80. The number of unbranched alkanes of at least 4 members (excludes halogenated alkanes) is 1. The van der Waals surface area contributed by atoms with E-state index in [1.807, 2.05) is 6.92 Å². The van der Waals surface area contributed by atoms with Crippen LogP contribution in [0.3, 0.4) is 0 Å². The zero-order chi connectivity index (χ0) is 15.3. The fraction of sp³-hybridized carbons (Fsp3) is 0.417. The van der Waals surface area contributed by atoms with Crippen molar-refractivity contribution in [2.45, 2.75) is 32.3 Å². The number of carboxylic acid groups (broad SMARTS) is 1. The van der Waals surface area contributed by atoms with Crippen LogP contribution in [0.25, 0.3) is 0 Å². The molecule has 1 unspecified atom stereocenters. The second-order valence-electron chi connectivity index (χ2n) is 4.20. The molecule has 0 bridgehead atoms. The summed E-state index contributed by atoms with van der Waals surface area (Å²) in [6.07, 6.45) is 2.10. The number of aliphatic hydroxyl groups is 2. The molecule has 0 amide bonds. The molecule has 1 aromatic rings. The Balaban J connectivity index is 3.27. The fourth-order valence-electron chi connectivity index (χ4n) is 1.62. The van der Waals surface area contributed by atoms with E-state index in [1.54, 1.807) is 0 Å². The van der Waals surface area contributed by atoms with E-state index in [-0.39, 0.29) is 6.42 Å². The van der Waals surface area contributed by atoms with Crippen molar-refractivity contribution in [2.24, 2.45) is 0 Å². The first kappa shape index (κ1) is 16.3. The highest BCUT2D eigenvalue weighted by Crippen LogP contribution is 2.19. The van der Waals surface area contributed by atoms with E-state index in [2.05, 4.69) is 0 Å². The van der Waals surface area contributed by atoms with Crippen LogP contribution in [0.5, 0.6) is 0 Å². The van der Waals surface area contributed by atoms with Crippen molar-refractivity contribution >= 4 is 16.0 Å². The molecule has 8 heteroatoms. The predicted molar refractivity (Wildman–Crippen MR) is 71.6 cm³/mol. The molecule has 0 saturated heterocycles. The van der Waals surface area contributed by atoms with E-state index in [0.29, 0.717) is 10.4 Å². The predicted octanol–water partition coefficient (Wildman–Crippen LogP) is 1.07. The topological polar surface area (TPSA) is 117 Å². The fourth-order valence-corrected chi connectivity index (χ4v) is 2.91. The molecule has 1 aromatic heterocycles. The van der Waals surface area contributed by atoms with E-state index in [0.717, 1.165) is 18.8 Å². The van der Waals surface area contributed by atoms with Crippen LogP contribution < -0.4 is 0 Å². The Morgan fingerprint density at radius 1 is 1.25 bits per heavy atom. The Bertz CT molecular complexity index is 587. The molecular formula is C12H17NO6S. The third kappa shape index (κ3) is 3.40. The van der Waals surface area contributed by atoms with Crippen molar-refractivity contribution in [3.8, 4) is 0 Å². The first-order valence-corrected chi connectivity index (χ1v) is 7.49. The summed E-state index contributed by atoms with van der Waals surface area (Å²) in [5.74, 6) is -2.86. The molecule has 0 aromatic carbocycles. The zero-order valence-corrected chi connectivity index (χ0v) is 11.7. The van der Waals surface area contributed by atoms with Crippen molar-refractivity contribution < 1.29 is 28.5 Å². The van der Waals surface area contributed by atoms with E-state index < -0.39 is 32.8 Å². The second kappa shape index (κ2) is 6.58. The highest BCUT2D eigenvalue weighted by molar-refractivity contribution is 7.94. The summed E-state index contributed by atoms with van der Waals surface area (Å²) in [5.41, 5.74) is 0. The number of hydrogen-bond donors (Lipinski definition) is 3. The Morgan fingerprint density at radius 2 is 1.80 bits per heavy atom. The van der Waals surface area contributed by atoms with Gasteiger partial charge in [0, 0.05) is 12.4 Å². The molecule has 0 fully saturated rings. The van der Waals surface area contributed by atoms with E-state index in [1.165, 1.54) is 12.1 Å². The van der Waals surface area contributed by atoms with Gasteiger partial charge in [0.2, 0.25) is 4.91 Å². The Morgan fingerprint density at radius 3 is 2.25 bits per heavy atom. The van der Waals surface area contributed by atoms with Crippen molar-refractivity contribution in [2.75, 3.05) is 0 Å². The maximum atomic E-state index is 12.1. The van der Waals surface area contributed by atoms with Gasteiger partial charge in [0.1, 0.15) is 11.9 Å². The summed E-state index contributed by atoms with van der Waals surface area (Å²) in [4.78, 5) is 9.93. The highest BCUT2D eigenvalue weighted by Gasteiger charge is 2.33. The summed E-state index contributed by atoms with van der Waals surface area (Å²) in [6, 6.07) is 2.81. The van der Waals surface area contributed by atoms with Crippen LogP contribution in [-0.2, 0) is 14.8 Å². The highest BCUT2D eigenvalue weighted by atomic mass is 32.2. The van der Waals surface area contributed by atoms with Crippen LogP contribution in [0, 0.1) is 0 Å². The van der Waals surface area contributed by atoms with Gasteiger partial charge in [-0.1, -0.05) is 19.8 Å². The van der Waals surface area contributed by atoms with Gasteiger partial charge in [-0.3, -0.25) is 0 Å². The number of rotatable bonds is 7. The van der Waals surface area contributed by atoms with Gasteiger partial charge in [-0.2, -0.15) is 0 Å². The molecule has 7 nitrogen and oxygen atoms in total. The first-order valence-electron chi connectivity index (χ1n) is 6.05. The largest absolute Gasteiger partial charge is 0.508 e. The maximum Gasteiger partial charge on any atom is 0.352 e. The smallest absolute Gasteiger partial charge is 0.352 e. The minimum absolute atomic E-state index is 0.0836. The molecule has 0 saturated carbocycles. The van der Waals surface area contributed by atoms with Crippen LogP contribution in [0.15, 0.2) is 35.2 Å². The molecule has 1 heterocycles. The summed E-state index contributed by atoms with van der Waals surface area (Å²) >= 11 is 0. The van der Waals surface area contributed by atoms with Gasteiger partial charge in [-0.15, -0.1) is 0 Å². The monoisotopic (exact) mass is 303 g/mol. The number of carbonyl (C=O) groups is 1. The minimum Gasteiger partial charge on any atom is -0.508 e. The van der Waals surface area contributed by atoms with Gasteiger partial charge < -0.3 is 15.3 Å². The maximum absolute atomic E-state index is 12.1. The molecule has 1 rings (SSSR count). The van der Waals surface area contributed by atoms with Gasteiger partial charge in [0.15, 0.2) is 0 Å². The SMILES string of the molecule is CCCCC(O)/C(O)=C(\C(=O)O)S(=O)(=O)n1cccc1. The Labute approximate surface area is 116 Å². The zero-order valence-electron chi connectivity index (χ0n) is 10.9. The molecule has 0 radical (unpaired) electrons. The third-order valence-electron chi connectivity index (χ3n) is 2.69. The van der Waals surface area contributed by atoms with Gasteiger partial charge in [0.25, 0.3) is 10.0 Å². The van der Waals surface area contributed by atoms with Crippen LogP contribution in [0.4, 0.5) is 0 Å². The van der Waals surface area contributed by atoms with Gasteiger partial charge >= 0.3 is 5.97 Å². The molecule has 20 heavy (non-hydrogen) atoms. The quantitative estimate of drug-likeness (QED) is 0.512. The van der Waals surface area contributed by atoms with Crippen molar-refractivity contribution in [3.05, 3.63) is 35.2 Å². The lowest BCUT2D eigenvalue weighted by molar-refractivity contribution is -0.132. The standard InChI is InChI=1S/C12H17NO6S/c1-2-3-6-9(14)10(15)11(12(16)17)20(18,19)13-7-4-5-8-13/h4-5,7-9,14-15H,2-3,6H2,1H3,(H,16,17)/b11-10-. The van der Waals surface area contributed by atoms with Gasteiger partial charge in [-0.05, 0) is 18.6 Å². The lowest BCUT2D eigenvalue weighted by Gasteiger charge is -2.13. The number of nitrogens with zero attached hydrogens (tertiary/aromatic N) is 1. The van der Waals surface area contributed by atoms with Crippen LogP contribution >= 0.6 is 0 Å². The number of aliphatic carboxylic acids is 1. The lowest BCUT2D eigenvalue weighted by atomic mass is 10.1. The molecule has 3 N–H and O–H groups in total. The number of aromatic nitrogens is 1. The van der Waals surface area contributed by atoms with Crippen LogP contribution in [0.2, 0.25) is 0 Å².